The Morgan fingerprint density at radius 1 is 1.32 bits per heavy atom. The Hall–Kier alpha value is -1.83. The van der Waals surface area contributed by atoms with Crippen molar-refractivity contribution in [3.05, 3.63) is 58.7 Å². The van der Waals surface area contributed by atoms with E-state index in [2.05, 4.69) is 10.3 Å². The number of pyridine rings is 1. The highest BCUT2D eigenvalue weighted by atomic mass is 35.5. The van der Waals surface area contributed by atoms with Crippen LogP contribution in [-0.4, -0.2) is 29.7 Å². The van der Waals surface area contributed by atoms with Crippen molar-refractivity contribution in [1.82, 2.24) is 10.0 Å². The molecule has 0 bridgehead atoms. The van der Waals surface area contributed by atoms with Crippen LogP contribution in [-0.2, 0) is 11.0 Å². The zero-order valence-electron chi connectivity index (χ0n) is 13.4. The van der Waals surface area contributed by atoms with Gasteiger partial charge in [-0.05, 0) is 18.1 Å². The minimum absolute atomic E-state index is 0.0687. The van der Waals surface area contributed by atoms with Crippen LogP contribution < -0.4 is 5.32 Å². The molecule has 2 aromatic rings. The smallest absolute Gasteiger partial charge is 0.366 e. The Labute approximate surface area is 148 Å². The molecular weight excluding hydrogens is 355 g/mol. The Bertz CT molecular complexity index is 727. The molecule has 1 aromatic heterocycles. The quantitative estimate of drug-likeness (QED) is 0.856. The zero-order chi connectivity index (χ0) is 18.0. The highest BCUT2D eigenvalue weighted by Crippen LogP contribution is 2.34. The van der Waals surface area contributed by atoms with Crippen molar-refractivity contribution >= 4 is 17.4 Å². The van der Waals surface area contributed by atoms with E-state index in [0.29, 0.717) is 6.54 Å². The van der Waals surface area contributed by atoms with Crippen LogP contribution in [0.1, 0.15) is 23.6 Å². The molecule has 8 heteroatoms. The predicted octanol–water partition coefficient (Wildman–Crippen LogP) is 4.54. The molecule has 1 N–H and O–H groups in total. The molecule has 1 saturated heterocycles. The summed E-state index contributed by atoms with van der Waals surface area (Å²) in [7, 11) is 1.86. The molecule has 2 atom stereocenters. The molecule has 3 rings (SSSR count). The fourth-order valence-corrected chi connectivity index (χ4v) is 3.06. The SMILES string of the molecule is CN1O[C@H](CNc2ncc(C(F)(F)F)cc2Cl)C[C@H]1c1ccccc1. The van der Waals surface area contributed by atoms with Crippen molar-refractivity contribution in [1.29, 1.82) is 0 Å². The number of halogens is 4. The molecule has 1 aliphatic heterocycles. The summed E-state index contributed by atoms with van der Waals surface area (Å²) in [6, 6.07) is 11.0. The van der Waals surface area contributed by atoms with E-state index in [9.17, 15) is 13.2 Å². The number of rotatable bonds is 4. The Morgan fingerprint density at radius 3 is 2.68 bits per heavy atom. The molecule has 4 nitrogen and oxygen atoms in total. The van der Waals surface area contributed by atoms with Crippen LogP contribution in [0.15, 0.2) is 42.6 Å². The van der Waals surface area contributed by atoms with Crippen molar-refractivity contribution in [2.75, 3.05) is 18.9 Å². The molecule has 2 heterocycles. The van der Waals surface area contributed by atoms with Gasteiger partial charge in [-0.2, -0.15) is 18.2 Å². The maximum atomic E-state index is 12.6. The van der Waals surface area contributed by atoms with E-state index in [1.54, 1.807) is 5.06 Å². The number of nitrogens with zero attached hydrogens (tertiary/aromatic N) is 2. The normalized spacial score (nSPS) is 21.5. The Kier molecular flexibility index (Phi) is 5.17. The third kappa shape index (κ3) is 4.23. The number of hydroxylamine groups is 2. The van der Waals surface area contributed by atoms with Gasteiger partial charge < -0.3 is 5.32 Å². The van der Waals surface area contributed by atoms with E-state index in [0.717, 1.165) is 24.2 Å². The van der Waals surface area contributed by atoms with Gasteiger partial charge in [0, 0.05) is 19.8 Å². The number of benzene rings is 1. The molecular formula is C17H17ClF3N3O. The summed E-state index contributed by atoms with van der Waals surface area (Å²) in [6.07, 6.45) is -3.07. The second-order valence-corrected chi connectivity index (χ2v) is 6.28. The second kappa shape index (κ2) is 7.19. The first-order valence-electron chi connectivity index (χ1n) is 7.76. The van der Waals surface area contributed by atoms with Crippen LogP contribution in [0.3, 0.4) is 0 Å². The maximum Gasteiger partial charge on any atom is 0.417 e. The Balaban J connectivity index is 1.61. The lowest BCUT2D eigenvalue weighted by molar-refractivity contribution is -0.140. The molecule has 0 spiro atoms. The van der Waals surface area contributed by atoms with Gasteiger partial charge in [-0.25, -0.2) is 4.98 Å². The summed E-state index contributed by atoms with van der Waals surface area (Å²) in [4.78, 5) is 9.56. The zero-order valence-corrected chi connectivity index (χ0v) is 14.2. The van der Waals surface area contributed by atoms with Crippen LogP contribution in [0.4, 0.5) is 19.0 Å². The average Bonchev–Trinajstić information content (AvgIpc) is 2.94. The fourth-order valence-electron chi connectivity index (χ4n) is 2.82. The van der Waals surface area contributed by atoms with E-state index in [1.165, 1.54) is 0 Å². The minimum Gasteiger partial charge on any atom is -0.366 e. The predicted molar refractivity (Wildman–Crippen MR) is 89.2 cm³/mol. The van der Waals surface area contributed by atoms with E-state index in [4.69, 9.17) is 16.4 Å². The van der Waals surface area contributed by atoms with Crippen molar-refractivity contribution in [3.63, 3.8) is 0 Å². The van der Waals surface area contributed by atoms with Crippen LogP contribution >= 0.6 is 11.6 Å². The van der Waals surface area contributed by atoms with Gasteiger partial charge in [0.2, 0.25) is 0 Å². The van der Waals surface area contributed by atoms with Crippen molar-refractivity contribution < 1.29 is 18.0 Å². The van der Waals surface area contributed by atoms with Crippen molar-refractivity contribution in [2.45, 2.75) is 24.7 Å². The molecule has 0 radical (unpaired) electrons. The number of aromatic nitrogens is 1. The van der Waals surface area contributed by atoms with E-state index in [-0.39, 0.29) is 23.0 Å². The summed E-state index contributed by atoms with van der Waals surface area (Å²) in [5.74, 6) is 0.212. The number of hydrogen-bond acceptors (Lipinski definition) is 4. The number of nitrogens with one attached hydrogen (secondary N) is 1. The molecule has 0 saturated carbocycles. The van der Waals surface area contributed by atoms with Crippen LogP contribution in [0.25, 0.3) is 0 Å². The van der Waals surface area contributed by atoms with Crippen LogP contribution in [0, 0.1) is 0 Å². The van der Waals surface area contributed by atoms with Gasteiger partial charge in [-0.15, -0.1) is 0 Å². The summed E-state index contributed by atoms with van der Waals surface area (Å²) in [5, 5.41) is 4.69. The maximum absolute atomic E-state index is 12.6. The highest BCUT2D eigenvalue weighted by molar-refractivity contribution is 6.32. The molecule has 25 heavy (non-hydrogen) atoms. The first-order chi connectivity index (χ1) is 11.8. The monoisotopic (exact) mass is 371 g/mol. The molecule has 1 aromatic carbocycles. The number of alkyl halides is 3. The lowest BCUT2D eigenvalue weighted by Gasteiger charge is -2.17. The third-order valence-corrected chi connectivity index (χ3v) is 4.38. The second-order valence-electron chi connectivity index (χ2n) is 5.87. The van der Waals surface area contributed by atoms with Gasteiger partial charge >= 0.3 is 6.18 Å². The lowest BCUT2D eigenvalue weighted by atomic mass is 10.0. The first-order valence-corrected chi connectivity index (χ1v) is 8.13. The molecule has 1 aliphatic rings. The Morgan fingerprint density at radius 2 is 2.04 bits per heavy atom. The van der Waals surface area contributed by atoms with Gasteiger partial charge in [-0.3, -0.25) is 4.84 Å². The molecule has 1 fully saturated rings. The van der Waals surface area contributed by atoms with Crippen LogP contribution in [0.2, 0.25) is 5.02 Å². The van der Waals surface area contributed by atoms with Gasteiger partial charge in [0.25, 0.3) is 0 Å². The minimum atomic E-state index is -4.46. The summed E-state index contributed by atoms with van der Waals surface area (Å²) in [6.45, 7) is 0.395. The standard InChI is InChI=1S/C17H17ClF3N3O/c1-24-15(11-5-3-2-4-6-11)8-13(25-24)10-23-16-14(18)7-12(9-22-16)17(19,20)21/h2-7,9,13,15H,8,10H2,1H3,(H,22,23)/t13-,15-/m0/s1. The fraction of sp³-hybridized carbons (Fsp3) is 0.353. The molecule has 0 amide bonds. The van der Waals surface area contributed by atoms with Gasteiger partial charge in [0.05, 0.1) is 22.7 Å². The molecule has 0 aliphatic carbocycles. The number of anilines is 1. The largest absolute Gasteiger partial charge is 0.417 e. The average molecular weight is 372 g/mol. The summed E-state index contributed by atoms with van der Waals surface area (Å²) in [5.41, 5.74) is 0.280. The first kappa shape index (κ1) is 18.0. The van der Waals surface area contributed by atoms with Gasteiger partial charge in [0.1, 0.15) is 5.82 Å². The van der Waals surface area contributed by atoms with Gasteiger partial charge in [-0.1, -0.05) is 41.9 Å². The van der Waals surface area contributed by atoms with E-state index in [1.807, 2.05) is 37.4 Å². The lowest BCUT2D eigenvalue weighted by Crippen LogP contribution is -2.22. The van der Waals surface area contributed by atoms with Crippen LogP contribution in [0.5, 0.6) is 0 Å². The topological polar surface area (TPSA) is 37.4 Å². The molecule has 0 unspecified atom stereocenters. The van der Waals surface area contributed by atoms with Gasteiger partial charge in [0.15, 0.2) is 0 Å². The van der Waals surface area contributed by atoms with Crippen molar-refractivity contribution in [2.24, 2.45) is 0 Å². The summed E-state index contributed by atoms with van der Waals surface area (Å²) < 4.78 is 37.9. The van der Waals surface area contributed by atoms with Crippen molar-refractivity contribution in [3.8, 4) is 0 Å². The summed E-state index contributed by atoms with van der Waals surface area (Å²) >= 11 is 5.90. The van der Waals surface area contributed by atoms with E-state index >= 15 is 0 Å². The molecule has 134 valence electrons. The number of hydrogen-bond donors (Lipinski definition) is 1. The van der Waals surface area contributed by atoms with E-state index < -0.39 is 11.7 Å². The third-order valence-electron chi connectivity index (χ3n) is 4.09. The highest BCUT2D eigenvalue weighted by Gasteiger charge is 2.33.